The van der Waals surface area contributed by atoms with Gasteiger partial charge in [-0.05, 0) is 72.1 Å². The molecule has 0 aliphatic heterocycles. The Morgan fingerprint density at radius 2 is 1.61 bits per heavy atom. The molecule has 2 atom stereocenters. The summed E-state index contributed by atoms with van der Waals surface area (Å²) in [6.45, 7) is 1.94. The molecule has 0 aliphatic carbocycles. The van der Waals surface area contributed by atoms with Crippen LogP contribution in [0.5, 0.6) is 17.2 Å². The van der Waals surface area contributed by atoms with Crippen molar-refractivity contribution in [3.8, 4) is 17.2 Å². The van der Waals surface area contributed by atoms with Gasteiger partial charge in [-0.2, -0.15) is 5.10 Å². The largest absolute Gasteiger partial charge is 0.493 e. The number of ether oxygens (including phenoxy) is 3. The van der Waals surface area contributed by atoms with E-state index in [9.17, 15) is 9.59 Å². The maximum Gasteiger partial charge on any atom is 0.262 e. The van der Waals surface area contributed by atoms with Gasteiger partial charge in [0.25, 0.3) is 11.8 Å². The minimum absolute atomic E-state index is 0.237. The van der Waals surface area contributed by atoms with Crippen molar-refractivity contribution in [1.82, 2.24) is 10.7 Å². The molecule has 0 fully saturated rings. The molecule has 0 saturated heterocycles. The van der Waals surface area contributed by atoms with E-state index in [1.54, 1.807) is 44.4 Å². The summed E-state index contributed by atoms with van der Waals surface area (Å²) in [6, 6.07) is 26.3. The molecule has 44 heavy (non-hydrogen) atoms. The van der Waals surface area contributed by atoms with Crippen molar-refractivity contribution in [1.29, 1.82) is 0 Å². The van der Waals surface area contributed by atoms with Crippen LogP contribution in [0.15, 0.2) is 101 Å². The number of hydrogen-bond donors (Lipinski definition) is 2. The average molecular weight is 699 g/mol. The fourth-order valence-electron chi connectivity index (χ4n) is 4.04. The average Bonchev–Trinajstić information content (AvgIpc) is 3.02. The van der Waals surface area contributed by atoms with E-state index in [0.29, 0.717) is 34.4 Å². The molecule has 0 heterocycles. The Balaban J connectivity index is 1.40. The molecule has 0 spiro atoms. The molecule has 4 aromatic carbocycles. The van der Waals surface area contributed by atoms with Crippen LogP contribution in [0.1, 0.15) is 23.6 Å². The number of amides is 2. The second kappa shape index (κ2) is 16.1. The normalized spacial score (nSPS) is 12.3. The Morgan fingerprint density at radius 1 is 0.886 bits per heavy atom. The van der Waals surface area contributed by atoms with Gasteiger partial charge < -0.3 is 19.5 Å². The van der Waals surface area contributed by atoms with Crippen LogP contribution in [0.4, 0.5) is 0 Å². The molecule has 0 bridgehead atoms. The number of carbonyl (C=O) groups is 2. The molecule has 2 amide bonds. The third kappa shape index (κ3) is 9.74. The summed E-state index contributed by atoms with van der Waals surface area (Å²) in [5.74, 6) is 0.378. The van der Waals surface area contributed by atoms with Gasteiger partial charge in [-0.1, -0.05) is 81.6 Å². The lowest BCUT2D eigenvalue weighted by Gasteiger charge is -2.21. The van der Waals surface area contributed by atoms with E-state index in [0.717, 1.165) is 15.6 Å². The summed E-state index contributed by atoms with van der Waals surface area (Å²) in [5, 5.41) is 7.59. The van der Waals surface area contributed by atoms with Crippen LogP contribution >= 0.6 is 39.1 Å². The van der Waals surface area contributed by atoms with Crippen LogP contribution in [-0.2, 0) is 22.6 Å². The number of hydrogen-bond acceptors (Lipinski definition) is 6. The molecule has 0 aliphatic rings. The number of hydrazone groups is 1. The summed E-state index contributed by atoms with van der Waals surface area (Å²) >= 11 is 15.6. The first-order valence-corrected chi connectivity index (χ1v) is 15.1. The maximum absolute atomic E-state index is 13.2. The zero-order chi connectivity index (χ0) is 31.5. The Bertz CT molecular complexity index is 1600. The molecule has 11 heteroatoms. The van der Waals surface area contributed by atoms with Crippen molar-refractivity contribution in [3.05, 3.63) is 122 Å². The first-order valence-electron chi connectivity index (χ1n) is 13.6. The predicted octanol–water partition coefficient (Wildman–Crippen LogP) is 6.99. The molecule has 4 rings (SSSR count). The van der Waals surface area contributed by atoms with E-state index in [1.165, 1.54) is 12.3 Å². The Morgan fingerprint density at radius 3 is 2.32 bits per heavy atom. The highest BCUT2D eigenvalue weighted by Gasteiger charge is 2.25. The molecule has 4 aromatic rings. The first-order chi connectivity index (χ1) is 21.2. The fourth-order valence-corrected chi connectivity index (χ4v) is 4.75. The van der Waals surface area contributed by atoms with Gasteiger partial charge in [0.05, 0.1) is 18.3 Å². The summed E-state index contributed by atoms with van der Waals surface area (Å²) in [6.07, 6.45) is 0.773. The lowest BCUT2D eigenvalue weighted by atomic mass is 10.1. The zero-order valence-electron chi connectivity index (χ0n) is 23.9. The van der Waals surface area contributed by atoms with Crippen LogP contribution < -0.4 is 25.0 Å². The molecule has 0 unspecified atom stereocenters. The Hall–Kier alpha value is -4.05. The highest BCUT2D eigenvalue weighted by atomic mass is 79.9. The molecule has 2 N–H and O–H groups in total. The van der Waals surface area contributed by atoms with Crippen molar-refractivity contribution in [3.63, 3.8) is 0 Å². The first kappa shape index (κ1) is 32.9. The Labute approximate surface area is 274 Å². The van der Waals surface area contributed by atoms with E-state index in [4.69, 9.17) is 37.4 Å². The van der Waals surface area contributed by atoms with Crippen molar-refractivity contribution in [2.75, 3.05) is 7.11 Å². The second-order valence-corrected chi connectivity index (χ2v) is 11.4. The topological polar surface area (TPSA) is 98.2 Å². The monoisotopic (exact) mass is 697 g/mol. The Kier molecular flexibility index (Phi) is 12.1. The van der Waals surface area contributed by atoms with Gasteiger partial charge in [0.15, 0.2) is 17.6 Å². The number of halogens is 3. The zero-order valence-corrected chi connectivity index (χ0v) is 27.0. The van der Waals surface area contributed by atoms with Crippen molar-refractivity contribution >= 4 is 57.2 Å². The minimum atomic E-state index is -0.944. The molecule has 8 nitrogen and oxygen atoms in total. The molecular formula is C33H30BrCl2N3O5. The quantitative estimate of drug-likeness (QED) is 0.116. The smallest absolute Gasteiger partial charge is 0.262 e. The van der Waals surface area contributed by atoms with E-state index >= 15 is 0 Å². The van der Waals surface area contributed by atoms with Crippen LogP contribution in [0.3, 0.4) is 0 Å². The number of benzene rings is 4. The van der Waals surface area contributed by atoms with Gasteiger partial charge in [-0.3, -0.25) is 9.59 Å². The lowest BCUT2D eigenvalue weighted by molar-refractivity contribution is -0.132. The van der Waals surface area contributed by atoms with Gasteiger partial charge >= 0.3 is 0 Å². The number of carbonyl (C=O) groups excluding carboxylic acids is 2. The number of rotatable bonds is 13. The minimum Gasteiger partial charge on any atom is -0.493 e. The molecule has 0 aromatic heterocycles. The van der Waals surface area contributed by atoms with Gasteiger partial charge in [0, 0.05) is 15.9 Å². The van der Waals surface area contributed by atoms with Crippen LogP contribution in [0.25, 0.3) is 0 Å². The van der Waals surface area contributed by atoms with Crippen LogP contribution in [0, 0.1) is 0 Å². The van der Waals surface area contributed by atoms with E-state index < -0.39 is 24.0 Å². The predicted molar refractivity (Wildman–Crippen MR) is 176 cm³/mol. The number of nitrogens with one attached hydrogen (secondary N) is 2. The summed E-state index contributed by atoms with van der Waals surface area (Å²) in [5.41, 5.74) is 5.06. The third-order valence-electron chi connectivity index (χ3n) is 6.37. The van der Waals surface area contributed by atoms with Crippen molar-refractivity contribution < 1.29 is 23.8 Å². The van der Waals surface area contributed by atoms with E-state index in [-0.39, 0.29) is 11.4 Å². The fraction of sp³-hybridized carbons (Fsp3) is 0.182. The SMILES string of the molecule is COc1cc(/C=N\NC(=O)[C@@H](Cc2ccccc2)NC(=O)[C@H](C)Oc2ccc(Cl)cc2Cl)ccc1OCc1ccc(Br)cc1. The standard InChI is InChI=1S/C33H30BrCl2N3O5/c1-21(44-29-15-13-26(35)18-27(29)36)32(40)38-28(16-22-6-4-3-5-7-22)33(41)39-37-19-24-10-14-30(31(17-24)42-2)43-20-23-8-11-25(34)12-9-23/h3-15,17-19,21,28H,16,20H2,1-2H3,(H,38,40)(H,39,41)/b37-19-/t21-,28+/m0/s1. The van der Waals surface area contributed by atoms with Crippen LogP contribution in [0.2, 0.25) is 10.0 Å². The number of nitrogens with zero attached hydrogens (tertiary/aromatic N) is 1. The second-order valence-electron chi connectivity index (χ2n) is 9.65. The summed E-state index contributed by atoms with van der Waals surface area (Å²) in [4.78, 5) is 26.2. The summed E-state index contributed by atoms with van der Waals surface area (Å²) < 4.78 is 18.1. The maximum atomic E-state index is 13.2. The summed E-state index contributed by atoms with van der Waals surface area (Å²) in [7, 11) is 1.55. The van der Waals surface area contributed by atoms with Crippen LogP contribution in [-0.4, -0.2) is 37.3 Å². The lowest BCUT2D eigenvalue weighted by Crippen LogP contribution is -2.50. The molecular weight excluding hydrogens is 669 g/mol. The van der Waals surface area contributed by atoms with Crippen molar-refractivity contribution in [2.45, 2.75) is 32.1 Å². The highest BCUT2D eigenvalue weighted by Crippen LogP contribution is 2.29. The van der Waals surface area contributed by atoms with Gasteiger partial charge in [0.1, 0.15) is 18.4 Å². The van der Waals surface area contributed by atoms with Gasteiger partial charge in [-0.25, -0.2) is 5.43 Å². The molecule has 228 valence electrons. The molecule has 0 saturated carbocycles. The van der Waals surface area contributed by atoms with Crippen molar-refractivity contribution in [2.24, 2.45) is 5.10 Å². The van der Waals surface area contributed by atoms with E-state index in [2.05, 4.69) is 31.8 Å². The number of methoxy groups -OCH3 is 1. The third-order valence-corrected chi connectivity index (χ3v) is 7.43. The van der Waals surface area contributed by atoms with E-state index in [1.807, 2.05) is 54.6 Å². The van der Waals surface area contributed by atoms with Gasteiger partial charge in [-0.15, -0.1) is 0 Å². The van der Waals surface area contributed by atoms with Gasteiger partial charge in [0.2, 0.25) is 0 Å². The molecule has 0 radical (unpaired) electrons. The highest BCUT2D eigenvalue weighted by molar-refractivity contribution is 9.10.